The lowest BCUT2D eigenvalue weighted by molar-refractivity contribution is 0.358. The number of nitrogens with zero attached hydrogens (tertiary/aromatic N) is 1. The van der Waals surface area contributed by atoms with Gasteiger partial charge >= 0.3 is 0 Å². The van der Waals surface area contributed by atoms with E-state index >= 15 is 0 Å². The molecule has 1 spiro atoms. The molecule has 0 aromatic heterocycles. The van der Waals surface area contributed by atoms with Gasteiger partial charge in [0.05, 0.1) is 11.5 Å². The number of sulfone groups is 1. The van der Waals surface area contributed by atoms with Gasteiger partial charge in [0.15, 0.2) is 15.0 Å². The second-order valence-corrected chi connectivity index (χ2v) is 9.46. The van der Waals surface area contributed by atoms with Crippen molar-refractivity contribution in [3.8, 4) is 0 Å². The van der Waals surface area contributed by atoms with Gasteiger partial charge in [0.2, 0.25) is 0 Å². The minimum atomic E-state index is -2.75. The summed E-state index contributed by atoms with van der Waals surface area (Å²) in [7, 11) is -2.75. The molecule has 3 rings (SSSR count). The molecule has 1 saturated carbocycles. The molecule has 1 saturated heterocycles. The third-order valence-electron chi connectivity index (χ3n) is 4.61. The first-order chi connectivity index (χ1) is 9.07. The standard InChI is InChI=1S/C13H22N2O2S2/c16-19(17)6-3-11(8-19)7-14-12-15-9-13(10-18-12)4-1-2-5-13/h11H,1-10H2,(H,14,15). The zero-order chi connectivity index (χ0) is 13.3. The topological polar surface area (TPSA) is 58.5 Å². The molecule has 1 aliphatic carbocycles. The average Bonchev–Trinajstić information content (AvgIpc) is 2.96. The van der Waals surface area contributed by atoms with Crippen LogP contribution in [0.1, 0.15) is 32.1 Å². The Morgan fingerprint density at radius 3 is 2.74 bits per heavy atom. The van der Waals surface area contributed by atoms with Crippen molar-refractivity contribution in [1.82, 2.24) is 5.32 Å². The van der Waals surface area contributed by atoms with E-state index in [0.717, 1.165) is 24.7 Å². The Balaban J connectivity index is 1.48. The Labute approximate surface area is 119 Å². The van der Waals surface area contributed by atoms with Crippen molar-refractivity contribution in [2.75, 3.05) is 30.3 Å². The van der Waals surface area contributed by atoms with Crippen LogP contribution in [-0.2, 0) is 9.84 Å². The maximum absolute atomic E-state index is 11.4. The molecule has 4 nitrogen and oxygen atoms in total. The highest BCUT2D eigenvalue weighted by Gasteiger charge is 2.36. The third-order valence-corrected chi connectivity index (χ3v) is 7.75. The van der Waals surface area contributed by atoms with E-state index in [1.807, 2.05) is 11.8 Å². The molecule has 19 heavy (non-hydrogen) atoms. The first kappa shape index (κ1) is 13.7. The predicted octanol–water partition coefficient (Wildman–Crippen LogP) is 1.67. The van der Waals surface area contributed by atoms with Gasteiger partial charge in [-0.2, -0.15) is 0 Å². The van der Waals surface area contributed by atoms with Crippen molar-refractivity contribution in [2.45, 2.75) is 32.1 Å². The highest BCUT2D eigenvalue weighted by atomic mass is 32.2. The normalized spacial score (nSPS) is 32.4. The van der Waals surface area contributed by atoms with Gasteiger partial charge in [-0.25, -0.2) is 8.42 Å². The van der Waals surface area contributed by atoms with Crippen LogP contribution in [0.15, 0.2) is 4.99 Å². The Kier molecular flexibility index (Phi) is 3.82. The van der Waals surface area contributed by atoms with Crippen LogP contribution in [0.5, 0.6) is 0 Å². The van der Waals surface area contributed by atoms with Crippen molar-refractivity contribution >= 4 is 26.8 Å². The van der Waals surface area contributed by atoms with Crippen LogP contribution in [-0.4, -0.2) is 43.9 Å². The zero-order valence-corrected chi connectivity index (χ0v) is 12.9. The molecule has 0 aromatic carbocycles. The molecule has 0 bridgehead atoms. The molecule has 2 fully saturated rings. The summed E-state index contributed by atoms with van der Waals surface area (Å²) in [6.45, 7) is 1.73. The fourth-order valence-electron chi connectivity index (χ4n) is 3.35. The summed E-state index contributed by atoms with van der Waals surface area (Å²) < 4.78 is 22.8. The van der Waals surface area contributed by atoms with Crippen LogP contribution < -0.4 is 5.32 Å². The Morgan fingerprint density at radius 1 is 1.37 bits per heavy atom. The zero-order valence-electron chi connectivity index (χ0n) is 11.2. The molecule has 108 valence electrons. The lowest BCUT2D eigenvalue weighted by atomic mass is 9.89. The molecule has 3 aliphatic rings. The van der Waals surface area contributed by atoms with E-state index in [4.69, 9.17) is 0 Å². The SMILES string of the molecule is O=S1(=O)CCC(CNC2=NCC3(CCCC3)CS2)C1. The number of thioether (sulfide) groups is 1. The number of nitrogens with one attached hydrogen (secondary N) is 1. The van der Waals surface area contributed by atoms with E-state index in [1.54, 1.807) is 0 Å². The van der Waals surface area contributed by atoms with Crippen LogP contribution in [0, 0.1) is 11.3 Å². The van der Waals surface area contributed by atoms with Crippen LogP contribution in [0.4, 0.5) is 0 Å². The van der Waals surface area contributed by atoms with Gasteiger partial charge in [-0.15, -0.1) is 0 Å². The summed E-state index contributed by atoms with van der Waals surface area (Å²) in [5, 5.41) is 4.39. The minimum Gasteiger partial charge on any atom is -0.365 e. The molecule has 1 N–H and O–H groups in total. The fraction of sp³-hybridized carbons (Fsp3) is 0.923. The summed E-state index contributed by atoms with van der Waals surface area (Å²) in [4.78, 5) is 4.68. The number of hydrogen-bond donors (Lipinski definition) is 1. The molecule has 1 unspecified atom stereocenters. The van der Waals surface area contributed by atoms with Gasteiger partial charge in [0.1, 0.15) is 0 Å². The lowest BCUT2D eigenvalue weighted by Crippen LogP contribution is -2.35. The Bertz CT molecular complexity index is 467. The molecular weight excluding hydrogens is 280 g/mol. The first-order valence-corrected chi connectivity index (χ1v) is 9.99. The summed E-state index contributed by atoms with van der Waals surface area (Å²) in [6.07, 6.45) is 6.18. The van der Waals surface area contributed by atoms with Crippen molar-refractivity contribution in [1.29, 1.82) is 0 Å². The fourth-order valence-corrected chi connectivity index (χ4v) is 6.38. The van der Waals surface area contributed by atoms with E-state index in [1.165, 1.54) is 31.4 Å². The van der Waals surface area contributed by atoms with Gasteiger partial charge in [0, 0.05) is 18.8 Å². The maximum atomic E-state index is 11.4. The van der Waals surface area contributed by atoms with E-state index in [0.29, 0.717) is 16.9 Å². The molecule has 6 heteroatoms. The third kappa shape index (κ3) is 3.27. The smallest absolute Gasteiger partial charge is 0.156 e. The largest absolute Gasteiger partial charge is 0.365 e. The highest BCUT2D eigenvalue weighted by Crippen LogP contribution is 2.43. The number of hydrogen-bond acceptors (Lipinski definition) is 5. The van der Waals surface area contributed by atoms with Gasteiger partial charge in [-0.3, -0.25) is 4.99 Å². The van der Waals surface area contributed by atoms with Crippen LogP contribution in [0.25, 0.3) is 0 Å². The summed E-state index contributed by atoms with van der Waals surface area (Å²) in [5.74, 6) is 2.17. The summed E-state index contributed by atoms with van der Waals surface area (Å²) >= 11 is 1.83. The second kappa shape index (κ2) is 5.28. The Hall–Kier alpha value is -0.230. The van der Waals surface area contributed by atoms with Crippen molar-refractivity contribution in [3.05, 3.63) is 0 Å². The quantitative estimate of drug-likeness (QED) is 0.843. The Morgan fingerprint density at radius 2 is 2.16 bits per heavy atom. The molecular formula is C13H22N2O2S2. The molecule has 2 heterocycles. The minimum absolute atomic E-state index is 0.274. The van der Waals surface area contributed by atoms with Crippen LogP contribution in [0.3, 0.4) is 0 Å². The number of rotatable bonds is 2. The van der Waals surface area contributed by atoms with Gasteiger partial charge < -0.3 is 5.32 Å². The summed E-state index contributed by atoms with van der Waals surface area (Å²) in [5.41, 5.74) is 0.479. The second-order valence-electron chi connectivity index (χ2n) is 6.27. The van der Waals surface area contributed by atoms with Gasteiger partial charge in [-0.05, 0) is 30.6 Å². The van der Waals surface area contributed by atoms with Crippen molar-refractivity contribution in [2.24, 2.45) is 16.3 Å². The van der Waals surface area contributed by atoms with E-state index in [2.05, 4.69) is 10.3 Å². The molecule has 0 aromatic rings. The van der Waals surface area contributed by atoms with Gasteiger partial charge in [-0.1, -0.05) is 24.6 Å². The number of amidine groups is 1. The predicted molar refractivity (Wildman–Crippen MR) is 80.4 cm³/mol. The van der Waals surface area contributed by atoms with E-state index in [9.17, 15) is 8.42 Å². The molecule has 1 atom stereocenters. The van der Waals surface area contributed by atoms with E-state index in [-0.39, 0.29) is 5.92 Å². The molecule has 0 radical (unpaired) electrons. The monoisotopic (exact) mass is 302 g/mol. The first-order valence-electron chi connectivity index (χ1n) is 7.19. The van der Waals surface area contributed by atoms with Crippen LogP contribution in [0.2, 0.25) is 0 Å². The van der Waals surface area contributed by atoms with Crippen molar-refractivity contribution in [3.63, 3.8) is 0 Å². The highest BCUT2D eigenvalue weighted by molar-refractivity contribution is 8.13. The van der Waals surface area contributed by atoms with Crippen molar-refractivity contribution < 1.29 is 8.42 Å². The molecule has 2 aliphatic heterocycles. The number of aliphatic imine (C=N–C) groups is 1. The average molecular weight is 302 g/mol. The van der Waals surface area contributed by atoms with Crippen LogP contribution >= 0.6 is 11.8 Å². The molecule has 0 amide bonds. The maximum Gasteiger partial charge on any atom is 0.156 e. The van der Waals surface area contributed by atoms with E-state index < -0.39 is 9.84 Å². The summed E-state index contributed by atoms with van der Waals surface area (Å²) in [6, 6.07) is 0. The van der Waals surface area contributed by atoms with Gasteiger partial charge in [0.25, 0.3) is 0 Å². The lowest BCUT2D eigenvalue weighted by Gasteiger charge is -2.31.